The lowest BCUT2D eigenvalue weighted by Crippen LogP contribution is -2.28. The molecule has 1 unspecified atom stereocenters. The van der Waals surface area contributed by atoms with E-state index in [0.717, 1.165) is 11.8 Å². The van der Waals surface area contributed by atoms with Crippen molar-refractivity contribution in [1.82, 2.24) is 0 Å². The van der Waals surface area contributed by atoms with Crippen molar-refractivity contribution in [1.29, 1.82) is 0 Å². The number of hydrogen-bond acceptors (Lipinski definition) is 4. The Labute approximate surface area is 101 Å². The van der Waals surface area contributed by atoms with E-state index in [9.17, 15) is 4.79 Å². The third-order valence-electron chi connectivity index (χ3n) is 1.98. The van der Waals surface area contributed by atoms with Gasteiger partial charge in [0.05, 0.1) is 6.61 Å². The Kier molecular flexibility index (Phi) is 5.82. The van der Waals surface area contributed by atoms with E-state index < -0.39 is 12.1 Å². The Balaban J connectivity index is 2.44. The van der Waals surface area contributed by atoms with E-state index in [4.69, 9.17) is 14.2 Å². The maximum absolute atomic E-state index is 11.1. The molecule has 0 saturated heterocycles. The molecule has 1 aromatic carbocycles. The number of carbonyl (C=O) groups excluding carboxylic acids is 1. The van der Waals surface area contributed by atoms with Gasteiger partial charge in [-0.2, -0.15) is 0 Å². The standard InChI is InChI=1S/C13H16O4/c1-3-13(14)17-12(9-15-2)10-16-11-7-5-4-6-8-11/h3-8,12H,1,9-10H2,2H3. The molecule has 1 atom stereocenters. The van der Waals surface area contributed by atoms with Crippen molar-refractivity contribution in [2.75, 3.05) is 20.3 Å². The number of para-hydroxylation sites is 1. The highest BCUT2D eigenvalue weighted by molar-refractivity contribution is 5.81. The molecule has 0 heterocycles. The van der Waals surface area contributed by atoms with Crippen LogP contribution in [0, 0.1) is 0 Å². The average molecular weight is 236 g/mol. The van der Waals surface area contributed by atoms with Crippen molar-refractivity contribution < 1.29 is 19.0 Å². The molecule has 0 amide bonds. The van der Waals surface area contributed by atoms with Crippen molar-refractivity contribution in [3.8, 4) is 5.75 Å². The predicted molar refractivity (Wildman–Crippen MR) is 63.9 cm³/mol. The number of rotatable bonds is 7. The van der Waals surface area contributed by atoms with Crippen LogP contribution in [0.1, 0.15) is 0 Å². The maximum Gasteiger partial charge on any atom is 0.330 e. The van der Waals surface area contributed by atoms with Gasteiger partial charge < -0.3 is 14.2 Å². The van der Waals surface area contributed by atoms with Gasteiger partial charge in [0.15, 0.2) is 6.10 Å². The van der Waals surface area contributed by atoms with Crippen molar-refractivity contribution >= 4 is 5.97 Å². The fraction of sp³-hybridized carbons (Fsp3) is 0.308. The zero-order valence-electron chi connectivity index (χ0n) is 9.80. The third kappa shape index (κ3) is 5.17. The van der Waals surface area contributed by atoms with Gasteiger partial charge in [-0.3, -0.25) is 0 Å². The monoisotopic (exact) mass is 236 g/mol. The Morgan fingerprint density at radius 2 is 2.06 bits per heavy atom. The smallest absolute Gasteiger partial charge is 0.330 e. The molecule has 4 heteroatoms. The molecule has 0 aliphatic carbocycles. The first-order chi connectivity index (χ1) is 8.26. The van der Waals surface area contributed by atoms with Crippen LogP contribution < -0.4 is 4.74 Å². The van der Waals surface area contributed by atoms with Gasteiger partial charge >= 0.3 is 5.97 Å². The summed E-state index contributed by atoms with van der Waals surface area (Å²) in [5.41, 5.74) is 0. The average Bonchev–Trinajstić information content (AvgIpc) is 2.37. The lowest BCUT2D eigenvalue weighted by atomic mass is 10.3. The molecule has 0 aliphatic heterocycles. The predicted octanol–water partition coefficient (Wildman–Crippen LogP) is 1.81. The summed E-state index contributed by atoms with van der Waals surface area (Å²) in [7, 11) is 1.54. The first-order valence-electron chi connectivity index (χ1n) is 5.26. The molecule has 0 N–H and O–H groups in total. The van der Waals surface area contributed by atoms with Crippen molar-refractivity contribution in [3.05, 3.63) is 43.0 Å². The van der Waals surface area contributed by atoms with Crippen LogP contribution in [0.2, 0.25) is 0 Å². The van der Waals surface area contributed by atoms with E-state index in [-0.39, 0.29) is 13.2 Å². The first kappa shape index (κ1) is 13.3. The number of ether oxygens (including phenoxy) is 3. The summed E-state index contributed by atoms with van der Waals surface area (Å²) in [6, 6.07) is 9.31. The highest BCUT2D eigenvalue weighted by Crippen LogP contribution is 2.09. The molecule has 0 radical (unpaired) electrons. The van der Waals surface area contributed by atoms with Gasteiger partial charge in [0, 0.05) is 13.2 Å². The summed E-state index contributed by atoms with van der Waals surface area (Å²) in [6.45, 7) is 3.87. The van der Waals surface area contributed by atoms with Crippen molar-refractivity contribution in [3.63, 3.8) is 0 Å². The van der Waals surface area contributed by atoms with Gasteiger partial charge in [-0.15, -0.1) is 0 Å². The Bertz CT molecular complexity index is 348. The summed E-state index contributed by atoms with van der Waals surface area (Å²) >= 11 is 0. The molecule has 0 spiro atoms. The van der Waals surface area contributed by atoms with Crippen molar-refractivity contribution in [2.24, 2.45) is 0 Å². The van der Waals surface area contributed by atoms with Crippen LogP contribution in [0.4, 0.5) is 0 Å². The second-order valence-corrected chi connectivity index (χ2v) is 3.34. The minimum atomic E-state index is -0.483. The summed E-state index contributed by atoms with van der Waals surface area (Å²) in [6.07, 6.45) is 0.677. The molecular weight excluding hydrogens is 220 g/mol. The second kappa shape index (κ2) is 7.46. The van der Waals surface area contributed by atoms with Crippen molar-refractivity contribution in [2.45, 2.75) is 6.10 Å². The normalized spacial score (nSPS) is 11.6. The van der Waals surface area contributed by atoms with E-state index in [1.165, 1.54) is 7.11 Å². The van der Waals surface area contributed by atoms with Crippen LogP contribution in [0.5, 0.6) is 5.75 Å². The molecular formula is C13H16O4. The van der Waals surface area contributed by atoms with Crippen LogP contribution in [-0.2, 0) is 14.3 Å². The zero-order chi connectivity index (χ0) is 12.5. The molecule has 1 aromatic rings. The molecule has 0 fully saturated rings. The van der Waals surface area contributed by atoms with Crippen LogP contribution >= 0.6 is 0 Å². The zero-order valence-corrected chi connectivity index (χ0v) is 9.80. The summed E-state index contributed by atoms with van der Waals surface area (Å²) < 4.78 is 15.5. The fourth-order valence-corrected chi connectivity index (χ4v) is 1.22. The van der Waals surface area contributed by atoms with E-state index in [2.05, 4.69) is 6.58 Å². The Morgan fingerprint density at radius 3 is 2.65 bits per heavy atom. The highest BCUT2D eigenvalue weighted by atomic mass is 16.6. The summed E-state index contributed by atoms with van der Waals surface area (Å²) in [5, 5.41) is 0. The summed E-state index contributed by atoms with van der Waals surface area (Å²) in [4.78, 5) is 11.1. The largest absolute Gasteiger partial charge is 0.490 e. The first-order valence-corrected chi connectivity index (χ1v) is 5.26. The number of hydrogen-bond donors (Lipinski definition) is 0. The Hall–Kier alpha value is -1.81. The molecule has 1 rings (SSSR count). The van der Waals surface area contributed by atoms with E-state index in [0.29, 0.717) is 0 Å². The molecule has 0 aromatic heterocycles. The lowest BCUT2D eigenvalue weighted by Gasteiger charge is -2.16. The van der Waals surface area contributed by atoms with Gasteiger partial charge in [-0.25, -0.2) is 4.79 Å². The summed E-state index contributed by atoms with van der Waals surface area (Å²) in [5.74, 6) is 0.243. The van der Waals surface area contributed by atoms with E-state index in [1.807, 2.05) is 30.3 Å². The molecule has 0 saturated carbocycles. The second-order valence-electron chi connectivity index (χ2n) is 3.34. The highest BCUT2D eigenvalue weighted by Gasteiger charge is 2.13. The molecule has 17 heavy (non-hydrogen) atoms. The third-order valence-corrected chi connectivity index (χ3v) is 1.98. The van der Waals surface area contributed by atoms with Gasteiger partial charge in [-0.1, -0.05) is 24.8 Å². The molecule has 92 valence electrons. The minimum absolute atomic E-state index is 0.247. The SMILES string of the molecule is C=CC(=O)OC(COC)COc1ccccc1. The number of esters is 1. The fourth-order valence-electron chi connectivity index (χ4n) is 1.22. The van der Waals surface area contributed by atoms with Gasteiger partial charge in [0.2, 0.25) is 0 Å². The number of carbonyl (C=O) groups is 1. The maximum atomic E-state index is 11.1. The quantitative estimate of drug-likeness (QED) is 0.535. The Morgan fingerprint density at radius 1 is 1.35 bits per heavy atom. The van der Waals surface area contributed by atoms with Crippen LogP contribution in [0.25, 0.3) is 0 Å². The molecule has 4 nitrogen and oxygen atoms in total. The van der Waals surface area contributed by atoms with E-state index in [1.54, 1.807) is 0 Å². The lowest BCUT2D eigenvalue weighted by molar-refractivity contribution is -0.147. The van der Waals surface area contributed by atoms with Gasteiger partial charge in [0.25, 0.3) is 0 Å². The minimum Gasteiger partial charge on any atom is -0.490 e. The van der Waals surface area contributed by atoms with Crippen LogP contribution in [0.15, 0.2) is 43.0 Å². The van der Waals surface area contributed by atoms with Gasteiger partial charge in [0.1, 0.15) is 12.4 Å². The number of methoxy groups -OCH3 is 1. The number of benzene rings is 1. The molecule has 0 aliphatic rings. The van der Waals surface area contributed by atoms with Crippen LogP contribution in [0.3, 0.4) is 0 Å². The van der Waals surface area contributed by atoms with Crippen LogP contribution in [-0.4, -0.2) is 32.4 Å². The molecule has 0 bridgehead atoms. The van der Waals surface area contributed by atoms with Gasteiger partial charge in [-0.05, 0) is 12.1 Å². The van der Waals surface area contributed by atoms with E-state index >= 15 is 0 Å². The topological polar surface area (TPSA) is 44.8 Å².